The maximum atomic E-state index is 11.9. The van der Waals surface area contributed by atoms with Gasteiger partial charge < -0.3 is 10.1 Å². The zero-order chi connectivity index (χ0) is 21.9. The molecule has 0 saturated heterocycles. The minimum atomic E-state index is -0.339. The average Bonchev–Trinajstić information content (AvgIpc) is 2.73. The van der Waals surface area contributed by atoms with E-state index in [1.165, 1.54) is 96.3 Å². The van der Waals surface area contributed by atoms with Crippen LogP contribution in [0.2, 0.25) is 0 Å². The molecule has 3 heteroatoms. The lowest BCUT2D eigenvalue weighted by atomic mass is 10.0. The average molecular weight is 418 g/mol. The number of hydrogen-bond donors (Lipinski definition) is 1. The van der Waals surface area contributed by atoms with Gasteiger partial charge in [-0.25, -0.2) is 4.79 Å². The molecule has 0 aliphatic heterocycles. The van der Waals surface area contributed by atoms with Crippen molar-refractivity contribution in [1.29, 1.82) is 0 Å². The fourth-order valence-electron chi connectivity index (χ4n) is 3.95. The molecule has 1 aromatic rings. The Morgan fingerprint density at radius 1 is 0.700 bits per heavy atom. The molecule has 0 aromatic heterocycles. The molecular weight excluding hydrogens is 370 g/mol. The quantitative estimate of drug-likeness (QED) is 0.243. The van der Waals surface area contributed by atoms with E-state index in [0.29, 0.717) is 12.3 Å². The van der Waals surface area contributed by atoms with Crippen molar-refractivity contribution in [3.63, 3.8) is 0 Å². The molecule has 0 unspecified atom stereocenters. The first-order valence-corrected chi connectivity index (χ1v) is 12.7. The molecular formula is C27H47NO2. The van der Waals surface area contributed by atoms with Gasteiger partial charge in [0.2, 0.25) is 0 Å². The molecule has 3 nitrogen and oxygen atoms in total. The van der Waals surface area contributed by atoms with Crippen molar-refractivity contribution in [3.05, 3.63) is 29.3 Å². The monoisotopic (exact) mass is 417 g/mol. The first-order chi connectivity index (χ1) is 14.6. The number of unbranched alkanes of at least 4 members (excludes halogenated alkanes) is 15. The summed E-state index contributed by atoms with van der Waals surface area (Å²) < 4.78 is 5.45. The summed E-state index contributed by atoms with van der Waals surface area (Å²) in [5.41, 5.74) is 1.99. The summed E-state index contributed by atoms with van der Waals surface area (Å²) in [6, 6.07) is 5.91. The molecule has 1 rings (SSSR count). The van der Waals surface area contributed by atoms with Gasteiger partial charge >= 0.3 is 6.09 Å². The lowest BCUT2D eigenvalue weighted by Gasteiger charge is -2.11. The predicted octanol–water partition coefficient (Wildman–Crippen LogP) is 8.65. The number of aryl methyl sites for hydroxylation is 2. The van der Waals surface area contributed by atoms with Gasteiger partial charge in [0.05, 0.1) is 0 Å². The number of nitrogens with one attached hydrogen (secondary N) is 1. The molecule has 1 amide bonds. The van der Waals surface area contributed by atoms with Crippen molar-refractivity contribution in [2.24, 2.45) is 0 Å². The van der Waals surface area contributed by atoms with Crippen LogP contribution in [0.25, 0.3) is 0 Å². The van der Waals surface area contributed by atoms with Gasteiger partial charge in [-0.1, -0.05) is 121 Å². The first kappa shape index (κ1) is 26.5. The standard InChI is InChI=1S/C27H47NO2/c1-4-5-6-7-8-9-10-11-12-13-14-15-16-17-18-19-23-28-27(29)30-26-24(2)21-20-22-25(26)3/h20-22H,4-19,23H2,1-3H3,(H,28,29). The van der Waals surface area contributed by atoms with E-state index in [4.69, 9.17) is 4.74 Å². The Hall–Kier alpha value is -1.51. The third kappa shape index (κ3) is 13.7. The second-order valence-electron chi connectivity index (χ2n) is 8.84. The Morgan fingerprint density at radius 3 is 1.53 bits per heavy atom. The number of benzene rings is 1. The third-order valence-electron chi connectivity index (χ3n) is 5.90. The van der Waals surface area contributed by atoms with Crippen LogP contribution >= 0.6 is 0 Å². The summed E-state index contributed by atoms with van der Waals surface area (Å²) >= 11 is 0. The SMILES string of the molecule is CCCCCCCCCCCCCCCCCCNC(=O)Oc1c(C)cccc1C. The number of para-hydroxylation sites is 1. The van der Waals surface area contributed by atoms with Crippen LogP contribution < -0.4 is 10.1 Å². The first-order valence-electron chi connectivity index (χ1n) is 12.7. The molecule has 1 N–H and O–H groups in total. The van der Waals surface area contributed by atoms with Gasteiger partial charge in [-0.3, -0.25) is 0 Å². The van der Waals surface area contributed by atoms with Crippen LogP contribution in [0.1, 0.15) is 121 Å². The Balaban J connectivity index is 1.84. The van der Waals surface area contributed by atoms with E-state index < -0.39 is 0 Å². The highest BCUT2D eigenvalue weighted by Gasteiger charge is 2.08. The molecule has 0 aliphatic carbocycles. The van der Waals surface area contributed by atoms with Crippen LogP contribution in [0, 0.1) is 13.8 Å². The van der Waals surface area contributed by atoms with E-state index in [1.807, 2.05) is 32.0 Å². The van der Waals surface area contributed by atoms with Crippen LogP contribution in [-0.4, -0.2) is 12.6 Å². The molecule has 0 spiro atoms. The highest BCUT2D eigenvalue weighted by atomic mass is 16.6. The van der Waals surface area contributed by atoms with Gasteiger partial charge in [0, 0.05) is 6.54 Å². The lowest BCUT2D eigenvalue weighted by Crippen LogP contribution is -2.28. The minimum absolute atomic E-state index is 0.339. The van der Waals surface area contributed by atoms with Gasteiger partial charge in [-0.2, -0.15) is 0 Å². The van der Waals surface area contributed by atoms with Crippen molar-refractivity contribution in [2.75, 3.05) is 6.54 Å². The van der Waals surface area contributed by atoms with Gasteiger partial charge in [0.25, 0.3) is 0 Å². The number of hydrogen-bond acceptors (Lipinski definition) is 2. The van der Waals surface area contributed by atoms with Crippen LogP contribution in [0.4, 0.5) is 4.79 Å². The molecule has 0 bridgehead atoms. The number of carbonyl (C=O) groups excluding carboxylic acids is 1. The summed E-state index contributed by atoms with van der Waals surface area (Å²) in [4.78, 5) is 11.9. The minimum Gasteiger partial charge on any atom is -0.410 e. The van der Waals surface area contributed by atoms with E-state index >= 15 is 0 Å². The summed E-state index contributed by atoms with van der Waals surface area (Å²) in [6.07, 6.45) is 21.4. The number of amides is 1. The largest absolute Gasteiger partial charge is 0.412 e. The Kier molecular flexibility index (Phi) is 16.2. The molecule has 1 aromatic carbocycles. The zero-order valence-electron chi connectivity index (χ0n) is 20.1. The third-order valence-corrected chi connectivity index (χ3v) is 5.90. The second-order valence-corrected chi connectivity index (χ2v) is 8.84. The maximum Gasteiger partial charge on any atom is 0.412 e. The van der Waals surface area contributed by atoms with Crippen molar-refractivity contribution < 1.29 is 9.53 Å². The molecule has 30 heavy (non-hydrogen) atoms. The fraction of sp³-hybridized carbons (Fsp3) is 0.741. The van der Waals surface area contributed by atoms with E-state index in [9.17, 15) is 4.79 Å². The highest BCUT2D eigenvalue weighted by molar-refractivity contribution is 5.71. The number of carbonyl (C=O) groups is 1. The Bertz CT molecular complexity index is 536. The maximum absolute atomic E-state index is 11.9. The predicted molar refractivity (Wildman–Crippen MR) is 129 cm³/mol. The summed E-state index contributed by atoms with van der Waals surface area (Å²) in [6.45, 7) is 6.91. The molecule has 0 atom stereocenters. The van der Waals surface area contributed by atoms with Crippen molar-refractivity contribution in [3.8, 4) is 5.75 Å². The van der Waals surface area contributed by atoms with E-state index in [2.05, 4.69) is 12.2 Å². The zero-order valence-corrected chi connectivity index (χ0v) is 20.1. The number of ether oxygens (including phenoxy) is 1. The highest BCUT2D eigenvalue weighted by Crippen LogP contribution is 2.22. The normalized spacial score (nSPS) is 10.9. The lowest BCUT2D eigenvalue weighted by molar-refractivity contribution is 0.199. The van der Waals surface area contributed by atoms with Gasteiger partial charge in [0.1, 0.15) is 5.75 Å². The molecule has 0 heterocycles. The molecule has 172 valence electrons. The summed E-state index contributed by atoms with van der Waals surface area (Å²) in [7, 11) is 0. The number of rotatable bonds is 18. The van der Waals surface area contributed by atoms with Crippen LogP contribution in [0.15, 0.2) is 18.2 Å². The molecule has 0 fully saturated rings. The van der Waals surface area contributed by atoms with Gasteiger partial charge in [0.15, 0.2) is 0 Å². The van der Waals surface area contributed by atoms with Crippen molar-refractivity contribution in [2.45, 2.75) is 124 Å². The van der Waals surface area contributed by atoms with Gasteiger partial charge in [-0.15, -0.1) is 0 Å². The second kappa shape index (κ2) is 18.3. The molecule has 0 saturated carbocycles. The Labute approximate surface area is 186 Å². The van der Waals surface area contributed by atoms with E-state index in [-0.39, 0.29) is 6.09 Å². The van der Waals surface area contributed by atoms with Crippen LogP contribution in [0.3, 0.4) is 0 Å². The van der Waals surface area contributed by atoms with Crippen LogP contribution in [0.5, 0.6) is 5.75 Å². The topological polar surface area (TPSA) is 38.3 Å². The summed E-state index contributed by atoms with van der Waals surface area (Å²) in [5.74, 6) is 0.682. The smallest absolute Gasteiger partial charge is 0.410 e. The fourth-order valence-corrected chi connectivity index (χ4v) is 3.95. The van der Waals surface area contributed by atoms with E-state index in [1.54, 1.807) is 0 Å². The van der Waals surface area contributed by atoms with Crippen molar-refractivity contribution in [1.82, 2.24) is 5.32 Å². The molecule has 0 radical (unpaired) electrons. The molecule has 0 aliphatic rings. The van der Waals surface area contributed by atoms with Gasteiger partial charge in [-0.05, 0) is 31.4 Å². The Morgan fingerprint density at radius 2 is 1.10 bits per heavy atom. The van der Waals surface area contributed by atoms with Crippen LogP contribution in [-0.2, 0) is 0 Å². The summed E-state index contributed by atoms with van der Waals surface area (Å²) in [5, 5.41) is 2.87. The van der Waals surface area contributed by atoms with Crippen molar-refractivity contribution >= 4 is 6.09 Å². The van der Waals surface area contributed by atoms with E-state index in [0.717, 1.165) is 17.5 Å².